The highest BCUT2D eigenvalue weighted by atomic mass is 32.2. The topological polar surface area (TPSA) is 84.7 Å². The normalized spacial score (nSPS) is 20.3. The Labute approximate surface area is 184 Å². The third-order valence-corrected chi connectivity index (χ3v) is 8.30. The van der Waals surface area contributed by atoms with Crippen LogP contribution in [0.2, 0.25) is 0 Å². The average molecular weight is 449 g/mol. The van der Waals surface area contributed by atoms with E-state index in [4.69, 9.17) is 4.74 Å². The lowest BCUT2D eigenvalue weighted by molar-refractivity contribution is -0.146. The quantitative estimate of drug-likeness (QED) is 0.701. The lowest BCUT2D eigenvalue weighted by Gasteiger charge is -2.42. The molecule has 0 N–H and O–H groups in total. The molecule has 0 aliphatic carbocycles. The molecular weight excluding hydrogens is 416 g/mol. The van der Waals surface area contributed by atoms with E-state index in [0.717, 1.165) is 30.6 Å². The number of imidazole rings is 1. The number of ether oxygens (including phenoxy) is 1. The number of rotatable bonds is 5. The van der Waals surface area contributed by atoms with Crippen molar-refractivity contribution >= 4 is 27.0 Å². The molecule has 8 nitrogen and oxygen atoms in total. The van der Waals surface area contributed by atoms with Crippen LogP contribution in [-0.4, -0.2) is 71.5 Å². The second-order valence-corrected chi connectivity index (χ2v) is 11.1. The number of nitrogens with zero attached hydrogens (tertiary/aromatic N) is 4. The van der Waals surface area contributed by atoms with Gasteiger partial charge in [-0.25, -0.2) is 13.4 Å². The molecule has 1 aromatic heterocycles. The van der Waals surface area contributed by atoms with Crippen LogP contribution in [0.5, 0.6) is 0 Å². The fraction of sp³-hybridized carbons (Fsp3) is 0.636. The zero-order valence-corrected chi connectivity index (χ0v) is 19.4. The molecule has 0 spiro atoms. The number of carbonyl (C=O) groups is 1. The first kappa shape index (κ1) is 22.2. The maximum absolute atomic E-state index is 13.0. The molecule has 0 radical (unpaired) electrons. The number of piperidine rings is 1. The van der Waals surface area contributed by atoms with Gasteiger partial charge in [-0.05, 0) is 44.9 Å². The van der Waals surface area contributed by atoms with Crippen molar-refractivity contribution in [1.82, 2.24) is 18.8 Å². The molecular formula is C22H32N4O4S. The van der Waals surface area contributed by atoms with Gasteiger partial charge < -0.3 is 14.2 Å². The summed E-state index contributed by atoms with van der Waals surface area (Å²) < 4.78 is 35.0. The lowest BCUT2D eigenvalue weighted by Crippen LogP contribution is -2.55. The summed E-state index contributed by atoms with van der Waals surface area (Å²) in [6.07, 6.45) is 3.76. The number of benzene rings is 1. The SMILES string of the molecule is Cn1c(CCC(=O)N2CCOCC2(C)C)nc2cc(S(=O)(=O)N3CCCCC3)ccc21. The summed E-state index contributed by atoms with van der Waals surface area (Å²) in [5.41, 5.74) is 1.21. The summed E-state index contributed by atoms with van der Waals surface area (Å²) in [6, 6.07) is 5.14. The lowest BCUT2D eigenvalue weighted by atomic mass is 10.0. The van der Waals surface area contributed by atoms with Gasteiger partial charge in [-0.1, -0.05) is 6.42 Å². The van der Waals surface area contributed by atoms with Gasteiger partial charge in [0.1, 0.15) is 5.82 Å². The Morgan fingerprint density at radius 3 is 2.61 bits per heavy atom. The third-order valence-electron chi connectivity index (χ3n) is 6.41. The van der Waals surface area contributed by atoms with Crippen LogP contribution in [0, 0.1) is 0 Å². The van der Waals surface area contributed by atoms with Crippen molar-refractivity contribution in [3.8, 4) is 0 Å². The average Bonchev–Trinajstić information content (AvgIpc) is 3.07. The Hall–Kier alpha value is -1.97. The van der Waals surface area contributed by atoms with Crippen molar-refractivity contribution in [2.45, 2.75) is 56.4 Å². The number of hydrogen-bond acceptors (Lipinski definition) is 5. The largest absolute Gasteiger partial charge is 0.377 e. The van der Waals surface area contributed by atoms with Crippen molar-refractivity contribution in [2.75, 3.05) is 32.8 Å². The molecule has 2 saturated heterocycles. The third kappa shape index (κ3) is 4.36. The van der Waals surface area contributed by atoms with E-state index in [1.54, 1.807) is 16.4 Å². The fourth-order valence-corrected chi connectivity index (χ4v) is 6.08. The maximum Gasteiger partial charge on any atom is 0.243 e. The van der Waals surface area contributed by atoms with E-state index in [1.807, 2.05) is 36.4 Å². The van der Waals surface area contributed by atoms with Crippen molar-refractivity contribution < 1.29 is 17.9 Å². The molecule has 1 amide bonds. The van der Waals surface area contributed by atoms with Crippen LogP contribution in [0.25, 0.3) is 11.0 Å². The fourth-order valence-electron chi connectivity index (χ4n) is 4.54. The Kier molecular flexibility index (Phi) is 6.11. The zero-order valence-electron chi connectivity index (χ0n) is 18.6. The van der Waals surface area contributed by atoms with Crippen molar-refractivity contribution in [1.29, 1.82) is 0 Å². The molecule has 0 unspecified atom stereocenters. The minimum absolute atomic E-state index is 0.0914. The van der Waals surface area contributed by atoms with Crippen LogP contribution in [0.4, 0.5) is 0 Å². The van der Waals surface area contributed by atoms with Crippen LogP contribution >= 0.6 is 0 Å². The summed E-state index contributed by atoms with van der Waals surface area (Å²) in [4.78, 5) is 19.7. The Balaban J connectivity index is 1.52. The molecule has 0 atom stereocenters. The van der Waals surface area contributed by atoms with Gasteiger partial charge >= 0.3 is 0 Å². The zero-order chi connectivity index (χ0) is 22.2. The minimum atomic E-state index is -3.50. The Bertz CT molecular complexity index is 1070. The first-order valence-electron chi connectivity index (χ1n) is 11.0. The second-order valence-electron chi connectivity index (χ2n) is 9.11. The highest BCUT2D eigenvalue weighted by Crippen LogP contribution is 2.25. The monoisotopic (exact) mass is 448 g/mol. The van der Waals surface area contributed by atoms with Gasteiger partial charge in [0.2, 0.25) is 15.9 Å². The number of aromatic nitrogens is 2. The maximum atomic E-state index is 13.0. The van der Waals surface area contributed by atoms with E-state index in [2.05, 4.69) is 4.98 Å². The number of fused-ring (bicyclic) bond motifs is 1. The van der Waals surface area contributed by atoms with Gasteiger partial charge in [0.25, 0.3) is 0 Å². The highest BCUT2D eigenvalue weighted by molar-refractivity contribution is 7.89. The molecule has 9 heteroatoms. The molecule has 31 heavy (non-hydrogen) atoms. The predicted molar refractivity (Wildman–Crippen MR) is 118 cm³/mol. The number of hydrogen-bond donors (Lipinski definition) is 0. The number of aryl methyl sites for hydroxylation is 2. The minimum Gasteiger partial charge on any atom is -0.377 e. The smallest absolute Gasteiger partial charge is 0.243 e. The van der Waals surface area contributed by atoms with Gasteiger partial charge in [-0.2, -0.15) is 4.31 Å². The molecule has 2 aliphatic rings. The van der Waals surface area contributed by atoms with E-state index in [-0.39, 0.29) is 16.3 Å². The number of morpholine rings is 1. The molecule has 0 saturated carbocycles. The van der Waals surface area contributed by atoms with Gasteiger partial charge in [0.15, 0.2) is 0 Å². The van der Waals surface area contributed by atoms with E-state index < -0.39 is 10.0 Å². The molecule has 2 aromatic rings. The summed E-state index contributed by atoms with van der Waals surface area (Å²) in [6.45, 7) is 6.90. The van der Waals surface area contributed by atoms with Crippen LogP contribution in [0.15, 0.2) is 23.1 Å². The summed E-state index contributed by atoms with van der Waals surface area (Å²) in [5.74, 6) is 0.871. The number of sulfonamides is 1. The first-order chi connectivity index (χ1) is 14.7. The van der Waals surface area contributed by atoms with E-state index >= 15 is 0 Å². The Morgan fingerprint density at radius 1 is 1.16 bits per heavy atom. The van der Waals surface area contributed by atoms with Gasteiger partial charge in [-0.3, -0.25) is 4.79 Å². The summed E-state index contributed by atoms with van der Waals surface area (Å²) in [5, 5.41) is 0. The second kappa shape index (κ2) is 8.52. The first-order valence-corrected chi connectivity index (χ1v) is 12.5. The highest BCUT2D eigenvalue weighted by Gasteiger charge is 2.34. The predicted octanol–water partition coefficient (Wildman–Crippen LogP) is 2.32. The molecule has 3 heterocycles. The van der Waals surface area contributed by atoms with Gasteiger partial charge in [-0.15, -0.1) is 0 Å². The van der Waals surface area contributed by atoms with Gasteiger partial charge in [0, 0.05) is 39.5 Å². The van der Waals surface area contributed by atoms with E-state index in [0.29, 0.717) is 51.2 Å². The molecule has 2 aliphatic heterocycles. The van der Waals surface area contributed by atoms with E-state index in [9.17, 15) is 13.2 Å². The standard InChI is InChI=1S/C22H32N4O4S/c1-22(2)16-30-14-13-26(22)21(27)10-9-20-23-18-15-17(7-8-19(18)24(20)3)31(28,29)25-11-5-4-6-12-25/h7-8,15H,4-6,9-14,16H2,1-3H3. The molecule has 0 bridgehead atoms. The molecule has 2 fully saturated rings. The summed E-state index contributed by atoms with van der Waals surface area (Å²) in [7, 11) is -1.59. The van der Waals surface area contributed by atoms with Crippen molar-refractivity contribution in [2.24, 2.45) is 7.05 Å². The molecule has 170 valence electrons. The number of amides is 1. The van der Waals surface area contributed by atoms with Crippen LogP contribution in [0.1, 0.15) is 45.4 Å². The van der Waals surface area contributed by atoms with Gasteiger partial charge in [0.05, 0.1) is 34.7 Å². The van der Waals surface area contributed by atoms with Crippen LogP contribution in [-0.2, 0) is 33.0 Å². The Morgan fingerprint density at radius 2 is 1.90 bits per heavy atom. The van der Waals surface area contributed by atoms with Crippen LogP contribution < -0.4 is 0 Å². The van der Waals surface area contributed by atoms with E-state index in [1.165, 1.54) is 0 Å². The van der Waals surface area contributed by atoms with Crippen LogP contribution in [0.3, 0.4) is 0 Å². The van der Waals surface area contributed by atoms with Crippen molar-refractivity contribution in [3.05, 3.63) is 24.0 Å². The number of carbonyl (C=O) groups excluding carboxylic acids is 1. The van der Waals surface area contributed by atoms with Crippen molar-refractivity contribution in [3.63, 3.8) is 0 Å². The molecule has 1 aromatic carbocycles. The molecule has 4 rings (SSSR count). The summed E-state index contributed by atoms with van der Waals surface area (Å²) >= 11 is 0.